The van der Waals surface area contributed by atoms with Crippen molar-refractivity contribution in [1.82, 2.24) is 34.8 Å². The lowest BCUT2D eigenvalue weighted by molar-refractivity contribution is 0.0949. The molecule has 10 heteroatoms. The van der Waals surface area contributed by atoms with Crippen LogP contribution in [0.1, 0.15) is 33.1 Å². The highest BCUT2D eigenvalue weighted by Gasteiger charge is 2.12. The van der Waals surface area contributed by atoms with Crippen molar-refractivity contribution in [3.63, 3.8) is 0 Å². The van der Waals surface area contributed by atoms with Crippen molar-refractivity contribution in [2.75, 3.05) is 0 Å². The summed E-state index contributed by atoms with van der Waals surface area (Å²) in [6.45, 7) is 5.92. The summed E-state index contributed by atoms with van der Waals surface area (Å²) >= 11 is 0. The molecule has 1 amide bonds. The molecule has 0 aliphatic rings. The van der Waals surface area contributed by atoms with Gasteiger partial charge >= 0.3 is 0 Å². The molecule has 0 bridgehead atoms. The van der Waals surface area contributed by atoms with E-state index in [1.807, 2.05) is 19.9 Å². The van der Waals surface area contributed by atoms with Crippen molar-refractivity contribution in [2.24, 2.45) is 12.1 Å². The lowest BCUT2D eigenvalue weighted by Crippen LogP contribution is -2.19. The number of nitrogens with one attached hydrogen (secondary N) is 1. The number of nitrogens with zero attached hydrogens (tertiary/aromatic N) is 7. The number of aromatic nitrogens is 6. The van der Waals surface area contributed by atoms with Crippen LogP contribution in [0.2, 0.25) is 0 Å². The maximum atomic E-state index is 13.8. The summed E-state index contributed by atoms with van der Waals surface area (Å²) in [7, 11) is 1.49. The van der Waals surface area contributed by atoms with Crippen LogP contribution in [0.5, 0.6) is 0 Å². The fourth-order valence-electron chi connectivity index (χ4n) is 2.52. The number of hydrogen-bond acceptors (Lipinski definition) is 5. The minimum atomic E-state index is -0.519. The van der Waals surface area contributed by atoms with Gasteiger partial charge in [-0.2, -0.15) is 24.8 Å². The lowest BCUT2D eigenvalue weighted by Gasteiger charge is -2.04. The zero-order chi connectivity index (χ0) is 18.8. The molecule has 0 saturated carbocycles. The van der Waals surface area contributed by atoms with Gasteiger partial charge in [-0.25, -0.2) is 14.8 Å². The van der Waals surface area contributed by atoms with Crippen LogP contribution in [0.3, 0.4) is 0 Å². The zero-order valence-corrected chi connectivity index (χ0v) is 14.9. The van der Waals surface area contributed by atoms with E-state index in [1.54, 1.807) is 28.6 Å². The molecule has 0 radical (unpaired) electrons. The monoisotopic (exact) mass is 358 g/mol. The number of aryl methyl sites for hydroxylation is 4. The highest BCUT2D eigenvalue weighted by molar-refractivity contribution is 5.93. The quantitative estimate of drug-likeness (QED) is 0.547. The maximum Gasteiger partial charge on any atom is 0.291 e. The van der Waals surface area contributed by atoms with Gasteiger partial charge in [0.1, 0.15) is 6.67 Å². The summed E-state index contributed by atoms with van der Waals surface area (Å²) in [5, 5.41) is 16.3. The molecular formula is C16H19FN8O. The van der Waals surface area contributed by atoms with Gasteiger partial charge in [-0.3, -0.25) is 9.48 Å². The largest absolute Gasteiger partial charge is 0.291 e. The Bertz CT molecular complexity index is 981. The second-order valence-electron chi connectivity index (χ2n) is 5.92. The van der Waals surface area contributed by atoms with Gasteiger partial charge in [-0.15, -0.1) is 0 Å². The van der Waals surface area contributed by atoms with Crippen molar-refractivity contribution >= 4 is 12.1 Å². The molecule has 0 aliphatic heterocycles. The molecular weight excluding hydrogens is 339 g/mol. The van der Waals surface area contributed by atoms with Crippen molar-refractivity contribution in [1.29, 1.82) is 0 Å². The molecule has 0 saturated heterocycles. The first-order chi connectivity index (χ1) is 12.3. The molecule has 0 aromatic carbocycles. The standard InChI is InChI=1S/C16H19FN8O/c1-10-7-11(2)25(20-10)9-24-6-5-14(22-24)16(26)19-18-8-13-12(3)21-23(4)15(13)17/h5-8H,9H2,1-4H3,(H,19,26)/b18-8+. The molecule has 0 atom stereocenters. The SMILES string of the molecule is Cc1cc(C)n(Cn2ccc(C(=O)N/N=C/c3c(C)nn(C)c3F)n2)n1. The molecule has 3 aromatic rings. The van der Waals surface area contributed by atoms with Crippen LogP contribution in [0.15, 0.2) is 23.4 Å². The highest BCUT2D eigenvalue weighted by atomic mass is 19.1. The Morgan fingerprint density at radius 3 is 2.69 bits per heavy atom. The molecule has 9 nitrogen and oxygen atoms in total. The minimum absolute atomic E-state index is 0.201. The van der Waals surface area contributed by atoms with E-state index >= 15 is 0 Å². The Morgan fingerprint density at radius 1 is 1.31 bits per heavy atom. The molecule has 0 aliphatic carbocycles. The Kier molecular flexibility index (Phi) is 4.65. The number of rotatable bonds is 5. The molecule has 0 unspecified atom stereocenters. The van der Waals surface area contributed by atoms with E-state index in [0.29, 0.717) is 12.4 Å². The second-order valence-corrected chi connectivity index (χ2v) is 5.92. The third-order valence-corrected chi connectivity index (χ3v) is 3.81. The number of carbonyl (C=O) groups is 1. The first-order valence-corrected chi connectivity index (χ1v) is 7.92. The first kappa shape index (κ1) is 17.5. The minimum Gasteiger partial charge on any atom is -0.265 e. The second kappa shape index (κ2) is 6.90. The molecule has 3 rings (SSSR count). The van der Waals surface area contributed by atoms with E-state index in [2.05, 4.69) is 25.8 Å². The molecule has 3 heterocycles. The maximum absolute atomic E-state index is 13.8. The third kappa shape index (κ3) is 3.53. The number of halogens is 1. The average Bonchev–Trinajstić information content (AvgIpc) is 3.23. The molecule has 3 aromatic heterocycles. The Morgan fingerprint density at radius 2 is 2.08 bits per heavy atom. The van der Waals surface area contributed by atoms with Gasteiger partial charge in [0.15, 0.2) is 5.69 Å². The van der Waals surface area contributed by atoms with Crippen molar-refractivity contribution < 1.29 is 9.18 Å². The van der Waals surface area contributed by atoms with Crippen LogP contribution in [-0.4, -0.2) is 41.5 Å². The normalized spacial score (nSPS) is 11.4. The molecule has 136 valence electrons. The van der Waals surface area contributed by atoms with Crippen LogP contribution in [0.25, 0.3) is 0 Å². The van der Waals surface area contributed by atoms with E-state index in [9.17, 15) is 9.18 Å². The number of hydrogen-bond donors (Lipinski definition) is 1. The van der Waals surface area contributed by atoms with Crippen LogP contribution in [0.4, 0.5) is 4.39 Å². The third-order valence-electron chi connectivity index (χ3n) is 3.81. The first-order valence-electron chi connectivity index (χ1n) is 7.92. The predicted octanol–water partition coefficient (Wildman–Crippen LogP) is 1.15. The lowest BCUT2D eigenvalue weighted by atomic mass is 10.3. The molecule has 0 fully saturated rings. The predicted molar refractivity (Wildman–Crippen MR) is 92.3 cm³/mol. The Labute approximate surface area is 149 Å². The van der Waals surface area contributed by atoms with Gasteiger partial charge in [0.25, 0.3) is 5.91 Å². The van der Waals surface area contributed by atoms with Gasteiger partial charge in [0.05, 0.1) is 23.2 Å². The van der Waals surface area contributed by atoms with Crippen LogP contribution >= 0.6 is 0 Å². The summed E-state index contributed by atoms with van der Waals surface area (Å²) in [6.07, 6.45) is 2.91. The fourth-order valence-corrected chi connectivity index (χ4v) is 2.52. The smallest absolute Gasteiger partial charge is 0.265 e. The fraction of sp³-hybridized carbons (Fsp3) is 0.312. The van der Waals surface area contributed by atoms with Crippen molar-refractivity contribution in [3.8, 4) is 0 Å². The highest BCUT2D eigenvalue weighted by Crippen LogP contribution is 2.08. The van der Waals surface area contributed by atoms with E-state index in [4.69, 9.17) is 0 Å². The average molecular weight is 358 g/mol. The van der Waals surface area contributed by atoms with Gasteiger partial charge in [0, 0.05) is 18.9 Å². The van der Waals surface area contributed by atoms with Gasteiger partial charge in [0.2, 0.25) is 5.95 Å². The summed E-state index contributed by atoms with van der Waals surface area (Å²) in [4.78, 5) is 12.1. The summed E-state index contributed by atoms with van der Waals surface area (Å²) in [6, 6.07) is 3.54. The number of carbonyl (C=O) groups excluding carboxylic acids is 1. The summed E-state index contributed by atoms with van der Waals surface area (Å²) < 4.78 is 18.3. The Hall–Kier alpha value is -3.30. The van der Waals surface area contributed by atoms with Gasteiger partial charge < -0.3 is 0 Å². The van der Waals surface area contributed by atoms with E-state index in [0.717, 1.165) is 16.1 Å². The van der Waals surface area contributed by atoms with E-state index in [1.165, 1.54) is 13.3 Å². The number of hydrazone groups is 1. The molecule has 1 N–H and O–H groups in total. The summed E-state index contributed by atoms with van der Waals surface area (Å²) in [5.41, 5.74) is 5.16. The topological polar surface area (TPSA) is 94.9 Å². The van der Waals surface area contributed by atoms with Crippen molar-refractivity contribution in [3.05, 3.63) is 52.6 Å². The summed E-state index contributed by atoms with van der Waals surface area (Å²) in [5.74, 6) is -1.01. The van der Waals surface area contributed by atoms with Crippen molar-refractivity contribution in [2.45, 2.75) is 27.4 Å². The van der Waals surface area contributed by atoms with Gasteiger partial charge in [-0.1, -0.05) is 0 Å². The van der Waals surface area contributed by atoms with E-state index in [-0.39, 0.29) is 11.3 Å². The van der Waals surface area contributed by atoms with Crippen LogP contribution in [0, 0.1) is 26.7 Å². The number of amides is 1. The van der Waals surface area contributed by atoms with Crippen LogP contribution < -0.4 is 5.43 Å². The van der Waals surface area contributed by atoms with Gasteiger partial charge in [-0.05, 0) is 32.9 Å². The van der Waals surface area contributed by atoms with Crippen LogP contribution in [-0.2, 0) is 13.7 Å². The Balaban J connectivity index is 1.64. The van der Waals surface area contributed by atoms with E-state index < -0.39 is 11.9 Å². The zero-order valence-electron chi connectivity index (χ0n) is 14.9. The molecule has 26 heavy (non-hydrogen) atoms. The molecule has 0 spiro atoms.